The molecule has 7 nitrogen and oxygen atoms in total. The third-order valence-corrected chi connectivity index (χ3v) is 6.17. The molecule has 1 aromatic heterocycles. The van der Waals surface area contributed by atoms with Gasteiger partial charge < -0.3 is 14.7 Å². The van der Waals surface area contributed by atoms with Crippen molar-refractivity contribution in [3.05, 3.63) is 78.1 Å². The highest BCUT2D eigenvalue weighted by atomic mass is 19.1. The molecule has 0 aliphatic carbocycles. The zero-order valence-corrected chi connectivity index (χ0v) is 20.1. The Kier molecular flexibility index (Phi) is 7.70. The molecule has 0 spiro atoms. The van der Waals surface area contributed by atoms with Crippen molar-refractivity contribution in [3.8, 4) is 11.3 Å². The average molecular weight is 476 g/mol. The molecular formula is C27H30FN5O2. The topological polar surface area (TPSA) is 69.6 Å². The number of anilines is 1. The molecular weight excluding hydrogens is 445 g/mol. The van der Waals surface area contributed by atoms with Crippen LogP contribution >= 0.6 is 0 Å². The lowest BCUT2D eigenvalue weighted by molar-refractivity contribution is -0.132. The van der Waals surface area contributed by atoms with Crippen molar-refractivity contribution >= 4 is 17.6 Å². The van der Waals surface area contributed by atoms with E-state index in [4.69, 9.17) is 0 Å². The van der Waals surface area contributed by atoms with Crippen molar-refractivity contribution < 1.29 is 14.0 Å². The maximum absolute atomic E-state index is 13.2. The molecule has 1 saturated heterocycles. The molecule has 3 aromatic rings. The molecule has 2 heterocycles. The summed E-state index contributed by atoms with van der Waals surface area (Å²) in [6.07, 6.45) is 0.793. The fourth-order valence-corrected chi connectivity index (χ4v) is 4.15. The van der Waals surface area contributed by atoms with Crippen LogP contribution in [-0.2, 0) is 4.79 Å². The quantitative estimate of drug-likeness (QED) is 0.541. The summed E-state index contributed by atoms with van der Waals surface area (Å²) in [4.78, 5) is 31.7. The minimum Gasteiger partial charge on any atom is -0.353 e. The third kappa shape index (κ3) is 6.01. The predicted molar refractivity (Wildman–Crippen MR) is 133 cm³/mol. The highest BCUT2D eigenvalue weighted by molar-refractivity contribution is 5.96. The summed E-state index contributed by atoms with van der Waals surface area (Å²) < 4.78 is 13.2. The lowest BCUT2D eigenvalue weighted by atomic mass is 10.1. The fraction of sp³-hybridized carbons (Fsp3) is 0.333. The number of nitrogens with zero attached hydrogens (tertiary/aromatic N) is 5. The van der Waals surface area contributed by atoms with Gasteiger partial charge in [-0.25, -0.2) is 4.39 Å². The van der Waals surface area contributed by atoms with Gasteiger partial charge in [-0.3, -0.25) is 9.59 Å². The number of rotatable bonds is 6. The van der Waals surface area contributed by atoms with Crippen LogP contribution in [0.25, 0.3) is 11.3 Å². The van der Waals surface area contributed by atoms with Crippen LogP contribution in [0.4, 0.5) is 10.2 Å². The Morgan fingerprint density at radius 1 is 0.914 bits per heavy atom. The summed E-state index contributed by atoms with van der Waals surface area (Å²) in [5.41, 5.74) is 2.06. The van der Waals surface area contributed by atoms with Crippen LogP contribution in [0.1, 0.15) is 30.6 Å². The van der Waals surface area contributed by atoms with E-state index in [1.165, 1.54) is 12.1 Å². The van der Waals surface area contributed by atoms with Gasteiger partial charge in [0.25, 0.3) is 5.91 Å². The predicted octanol–water partition coefficient (Wildman–Crippen LogP) is 3.87. The Morgan fingerprint density at radius 3 is 2.31 bits per heavy atom. The summed E-state index contributed by atoms with van der Waals surface area (Å²) in [5.74, 6) is 0.264. The first-order valence-corrected chi connectivity index (χ1v) is 11.9. The monoisotopic (exact) mass is 475 g/mol. The maximum atomic E-state index is 13.2. The van der Waals surface area contributed by atoms with E-state index in [1.807, 2.05) is 49.1 Å². The van der Waals surface area contributed by atoms with Gasteiger partial charge in [0.15, 0.2) is 5.82 Å². The molecule has 1 fully saturated rings. The fourth-order valence-electron chi connectivity index (χ4n) is 4.15. The maximum Gasteiger partial charge on any atom is 0.254 e. The van der Waals surface area contributed by atoms with Gasteiger partial charge in [-0.1, -0.05) is 18.2 Å². The second-order valence-corrected chi connectivity index (χ2v) is 8.90. The van der Waals surface area contributed by atoms with E-state index in [2.05, 4.69) is 15.1 Å². The molecule has 1 aliphatic heterocycles. The lowest BCUT2D eigenvalue weighted by Gasteiger charge is -2.29. The van der Waals surface area contributed by atoms with Crippen molar-refractivity contribution in [2.75, 3.05) is 37.6 Å². The van der Waals surface area contributed by atoms with E-state index in [0.29, 0.717) is 30.9 Å². The van der Waals surface area contributed by atoms with E-state index in [9.17, 15) is 14.0 Å². The molecule has 0 N–H and O–H groups in total. The molecule has 2 aromatic carbocycles. The second kappa shape index (κ2) is 11.1. The Balaban J connectivity index is 1.37. The second-order valence-electron chi connectivity index (χ2n) is 8.90. The van der Waals surface area contributed by atoms with Crippen LogP contribution in [-0.4, -0.2) is 70.6 Å². The van der Waals surface area contributed by atoms with E-state index < -0.39 is 0 Å². The Morgan fingerprint density at radius 2 is 1.66 bits per heavy atom. The molecule has 4 rings (SSSR count). The summed E-state index contributed by atoms with van der Waals surface area (Å²) in [7, 11) is 0. The number of hydrogen-bond acceptors (Lipinski definition) is 5. The molecule has 182 valence electrons. The first-order valence-electron chi connectivity index (χ1n) is 11.9. The Bertz CT molecular complexity index is 1140. The van der Waals surface area contributed by atoms with Crippen LogP contribution in [0.15, 0.2) is 66.7 Å². The Hall–Kier alpha value is -3.81. The normalized spacial score (nSPS) is 14.1. The van der Waals surface area contributed by atoms with Crippen molar-refractivity contribution in [3.63, 3.8) is 0 Å². The molecule has 0 atom stereocenters. The van der Waals surface area contributed by atoms with Gasteiger partial charge in [-0.2, -0.15) is 0 Å². The zero-order chi connectivity index (χ0) is 24.8. The smallest absolute Gasteiger partial charge is 0.254 e. The number of carbonyl (C=O) groups is 2. The minimum absolute atomic E-state index is 0.0531. The van der Waals surface area contributed by atoms with Crippen LogP contribution in [0.2, 0.25) is 0 Å². The first-order chi connectivity index (χ1) is 16.9. The largest absolute Gasteiger partial charge is 0.353 e. The summed E-state index contributed by atoms with van der Waals surface area (Å²) in [6.45, 7) is 6.46. The summed E-state index contributed by atoms with van der Waals surface area (Å²) in [6, 6.07) is 18.9. The molecule has 0 bridgehead atoms. The number of benzene rings is 2. The van der Waals surface area contributed by atoms with Crippen molar-refractivity contribution in [1.29, 1.82) is 0 Å². The molecule has 0 radical (unpaired) electrons. The summed E-state index contributed by atoms with van der Waals surface area (Å²) >= 11 is 0. The van der Waals surface area contributed by atoms with Crippen LogP contribution in [0.3, 0.4) is 0 Å². The molecule has 2 amide bonds. The molecule has 1 aliphatic rings. The minimum atomic E-state index is -0.289. The number of hydrogen-bond donors (Lipinski definition) is 0. The van der Waals surface area contributed by atoms with Gasteiger partial charge in [0.1, 0.15) is 12.4 Å². The van der Waals surface area contributed by atoms with Gasteiger partial charge in [0, 0.05) is 43.3 Å². The van der Waals surface area contributed by atoms with Gasteiger partial charge in [0.05, 0.1) is 5.69 Å². The summed E-state index contributed by atoms with van der Waals surface area (Å²) in [5, 5.41) is 8.67. The van der Waals surface area contributed by atoms with Crippen LogP contribution < -0.4 is 4.90 Å². The molecule has 0 saturated carbocycles. The van der Waals surface area contributed by atoms with E-state index in [1.54, 1.807) is 29.2 Å². The number of halogens is 1. The van der Waals surface area contributed by atoms with Crippen LogP contribution in [0, 0.1) is 5.82 Å². The first kappa shape index (κ1) is 24.3. The average Bonchev–Trinajstić information content (AvgIpc) is 3.14. The van der Waals surface area contributed by atoms with Gasteiger partial charge >= 0.3 is 0 Å². The van der Waals surface area contributed by atoms with E-state index >= 15 is 0 Å². The number of amides is 2. The SMILES string of the molecule is CC(C)N(CC(=O)N1CCCN(c2ccc(-c3ccc(F)cc3)nn2)CC1)C(=O)c1ccccc1. The van der Waals surface area contributed by atoms with Crippen molar-refractivity contribution in [2.24, 2.45) is 0 Å². The van der Waals surface area contributed by atoms with Gasteiger partial charge in [-0.15, -0.1) is 10.2 Å². The molecule has 0 unspecified atom stereocenters. The lowest BCUT2D eigenvalue weighted by Crippen LogP contribution is -2.46. The molecule has 35 heavy (non-hydrogen) atoms. The number of aromatic nitrogens is 2. The van der Waals surface area contributed by atoms with Gasteiger partial charge in [0.2, 0.25) is 5.91 Å². The van der Waals surface area contributed by atoms with Gasteiger partial charge in [-0.05, 0) is 68.8 Å². The highest BCUT2D eigenvalue weighted by Crippen LogP contribution is 2.20. The standard InChI is InChI=1S/C27H30FN5O2/c1-20(2)33(27(35)22-7-4-3-5-8-22)19-26(34)32-16-6-15-31(17-18-32)25-14-13-24(29-30-25)21-9-11-23(28)12-10-21/h3-5,7-14,20H,6,15-19H2,1-2H3. The van der Waals surface area contributed by atoms with Crippen LogP contribution in [0.5, 0.6) is 0 Å². The molecule has 8 heteroatoms. The number of carbonyl (C=O) groups excluding carboxylic acids is 2. The van der Waals surface area contributed by atoms with E-state index in [0.717, 1.165) is 24.3 Å². The Labute approximate surface area is 205 Å². The highest BCUT2D eigenvalue weighted by Gasteiger charge is 2.26. The third-order valence-electron chi connectivity index (χ3n) is 6.17. The van der Waals surface area contributed by atoms with Crippen molar-refractivity contribution in [1.82, 2.24) is 20.0 Å². The zero-order valence-electron chi connectivity index (χ0n) is 20.1. The van der Waals surface area contributed by atoms with Crippen molar-refractivity contribution in [2.45, 2.75) is 26.3 Å². The van der Waals surface area contributed by atoms with E-state index in [-0.39, 0.29) is 30.2 Å².